The molecule has 0 saturated carbocycles. The zero-order chi connectivity index (χ0) is 14.1. The summed E-state index contributed by atoms with van der Waals surface area (Å²) in [4.78, 5) is 12.7. The van der Waals surface area contributed by atoms with Crippen molar-refractivity contribution in [3.8, 4) is 0 Å². The monoisotopic (exact) mass is 269 g/mol. The Morgan fingerprint density at radius 3 is 2.95 bits per heavy atom. The smallest absolute Gasteiger partial charge is 0.228 e. The van der Waals surface area contributed by atoms with Crippen molar-refractivity contribution in [2.75, 3.05) is 11.1 Å². The first kappa shape index (κ1) is 12.8. The Morgan fingerprint density at radius 2 is 2.15 bits per heavy atom. The van der Waals surface area contributed by atoms with E-state index >= 15 is 0 Å². The molecule has 20 heavy (non-hydrogen) atoms. The molecule has 1 heterocycles. The van der Waals surface area contributed by atoms with E-state index in [2.05, 4.69) is 45.4 Å². The van der Waals surface area contributed by atoms with Crippen molar-refractivity contribution < 1.29 is 0 Å². The maximum absolute atomic E-state index is 5.73. The summed E-state index contributed by atoms with van der Waals surface area (Å²) in [5, 5.41) is 3.40. The van der Waals surface area contributed by atoms with E-state index in [0.717, 1.165) is 25.1 Å². The van der Waals surface area contributed by atoms with Crippen LogP contribution in [0.1, 0.15) is 41.9 Å². The fourth-order valence-electron chi connectivity index (χ4n) is 2.69. The van der Waals surface area contributed by atoms with Gasteiger partial charge in [0.2, 0.25) is 11.9 Å². The van der Waals surface area contributed by atoms with Crippen molar-refractivity contribution in [3.63, 3.8) is 0 Å². The maximum Gasteiger partial charge on any atom is 0.228 e. The number of nitrogens with zero attached hydrogens (tertiary/aromatic N) is 3. The summed E-state index contributed by atoms with van der Waals surface area (Å²) in [5.41, 5.74) is 9.76. The van der Waals surface area contributed by atoms with E-state index in [-0.39, 0.29) is 12.0 Å². The minimum Gasteiger partial charge on any atom is -0.368 e. The van der Waals surface area contributed by atoms with Crippen LogP contribution >= 0.6 is 0 Å². The lowest BCUT2D eigenvalue weighted by atomic mass is 10.1. The molecule has 1 aromatic heterocycles. The third-order valence-corrected chi connectivity index (χ3v) is 3.70. The molecule has 0 radical (unpaired) electrons. The molecule has 1 aliphatic rings. The van der Waals surface area contributed by atoms with Crippen molar-refractivity contribution in [2.24, 2.45) is 0 Å². The van der Waals surface area contributed by atoms with Crippen LogP contribution in [0.3, 0.4) is 0 Å². The molecule has 5 nitrogen and oxygen atoms in total. The number of fused-ring (bicyclic) bond motifs is 1. The lowest BCUT2D eigenvalue weighted by Crippen LogP contribution is -2.13. The highest BCUT2D eigenvalue weighted by Gasteiger charge is 2.23. The number of nitrogens with one attached hydrogen (secondary N) is 1. The van der Waals surface area contributed by atoms with Crippen LogP contribution in [0.4, 0.5) is 11.9 Å². The molecule has 1 aromatic carbocycles. The van der Waals surface area contributed by atoms with Gasteiger partial charge in [-0.25, -0.2) is 0 Å². The number of anilines is 2. The normalized spacial score (nSPS) is 17.0. The van der Waals surface area contributed by atoms with E-state index in [1.54, 1.807) is 0 Å². The zero-order valence-corrected chi connectivity index (χ0v) is 11.8. The number of hydrogen-bond donors (Lipinski definition) is 2. The summed E-state index contributed by atoms with van der Waals surface area (Å²) < 4.78 is 0. The van der Waals surface area contributed by atoms with Gasteiger partial charge in [0, 0.05) is 6.42 Å². The largest absolute Gasteiger partial charge is 0.368 e. The predicted octanol–water partition coefficient (Wildman–Crippen LogP) is 2.42. The average Bonchev–Trinajstić information content (AvgIpc) is 2.80. The van der Waals surface area contributed by atoms with Gasteiger partial charge in [-0.05, 0) is 30.9 Å². The SMILES string of the molecule is CCc1nc(N)nc(N[C@@H]2CCc3ccc(C)cc32)n1. The predicted molar refractivity (Wildman–Crippen MR) is 79.5 cm³/mol. The number of rotatable bonds is 3. The highest BCUT2D eigenvalue weighted by molar-refractivity contribution is 5.43. The molecular formula is C15H19N5. The number of hydrogen-bond acceptors (Lipinski definition) is 5. The zero-order valence-electron chi connectivity index (χ0n) is 11.8. The molecule has 0 fully saturated rings. The third kappa shape index (κ3) is 2.43. The highest BCUT2D eigenvalue weighted by atomic mass is 15.2. The quantitative estimate of drug-likeness (QED) is 0.895. The molecule has 0 saturated heterocycles. The second-order valence-electron chi connectivity index (χ2n) is 5.22. The van der Waals surface area contributed by atoms with Gasteiger partial charge in [0.05, 0.1) is 6.04 Å². The number of aromatic nitrogens is 3. The van der Waals surface area contributed by atoms with Gasteiger partial charge in [-0.2, -0.15) is 15.0 Å². The fourth-order valence-corrected chi connectivity index (χ4v) is 2.69. The van der Waals surface area contributed by atoms with Crippen LogP contribution in [0, 0.1) is 6.92 Å². The van der Waals surface area contributed by atoms with Gasteiger partial charge in [0.1, 0.15) is 5.82 Å². The van der Waals surface area contributed by atoms with Crippen LogP contribution in [0.5, 0.6) is 0 Å². The Morgan fingerprint density at radius 1 is 1.30 bits per heavy atom. The van der Waals surface area contributed by atoms with Crippen LogP contribution in [-0.2, 0) is 12.8 Å². The first-order chi connectivity index (χ1) is 9.65. The van der Waals surface area contributed by atoms with Gasteiger partial charge in [0.15, 0.2) is 0 Å². The molecule has 5 heteroatoms. The Kier molecular flexibility index (Phi) is 3.26. The summed E-state index contributed by atoms with van der Waals surface area (Å²) in [6, 6.07) is 6.88. The molecule has 3 rings (SSSR count). The van der Waals surface area contributed by atoms with Crippen molar-refractivity contribution in [1.82, 2.24) is 15.0 Å². The minimum atomic E-state index is 0.261. The number of nitrogen functional groups attached to an aromatic ring is 1. The highest BCUT2D eigenvalue weighted by Crippen LogP contribution is 2.33. The summed E-state index contributed by atoms with van der Waals surface area (Å²) in [6.45, 7) is 4.12. The van der Waals surface area contributed by atoms with Crippen molar-refractivity contribution in [1.29, 1.82) is 0 Å². The van der Waals surface area contributed by atoms with Crippen LogP contribution in [0.2, 0.25) is 0 Å². The number of benzene rings is 1. The fraction of sp³-hybridized carbons (Fsp3) is 0.400. The average molecular weight is 269 g/mol. The summed E-state index contributed by atoms with van der Waals surface area (Å²) in [7, 11) is 0. The molecule has 1 atom stereocenters. The Balaban J connectivity index is 1.87. The van der Waals surface area contributed by atoms with Crippen LogP contribution in [-0.4, -0.2) is 15.0 Å². The minimum absolute atomic E-state index is 0.261. The van der Waals surface area contributed by atoms with E-state index in [0.29, 0.717) is 5.95 Å². The Bertz CT molecular complexity index is 638. The van der Waals surface area contributed by atoms with Gasteiger partial charge >= 0.3 is 0 Å². The Hall–Kier alpha value is -2.17. The van der Waals surface area contributed by atoms with Crippen molar-refractivity contribution in [3.05, 3.63) is 40.7 Å². The summed E-state index contributed by atoms with van der Waals surface area (Å²) in [6.07, 6.45) is 2.90. The number of aryl methyl sites for hydroxylation is 3. The molecule has 0 bridgehead atoms. The molecule has 3 N–H and O–H groups in total. The van der Waals surface area contributed by atoms with Crippen molar-refractivity contribution in [2.45, 2.75) is 39.2 Å². The molecule has 0 spiro atoms. The van der Waals surface area contributed by atoms with Gasteiger partial charge in [-0.1, -0.05) is 30.7 Å². The molecule has 104 valence electrons. The summed E-state index contributed by atoms with van der Waals surface area (Å²) >= 11 is 0. The first-order valence-electron chi connectivity index (χ1n) is 7.02. The lowest BCUT2D eigenvalue weighted by Gasteiger charge is -2.15. The van der Waals surface area contributed by atoms with Gasteiger partial charge in [-0.3, -0.25) is 0 Å². The van der Waals surface area contributed by atoms with E-state index in [1.165, 1.54) is 16.7 Å². The topological polar surface area (TPSA) is 76.7 Å². The standard InChI is InChI=1S/C15H19N5/c1-3-13-18-14(16)20-15(19-13)17-12-7-6-10-5-4-9(2)8-11(10)12/h4-5,8,12H,3,6-7H2,1-2H3,(H3,16,17,18,19,20)/t12-/m1/s1. The molecule has 0 amide bonds. The van der Waals surface area contributed by atoms with E-state index in [4.69, 9.17) is 5.73 Å². The lowest BCUT2D eigenvalue weighted by molar-refractivity contribution is 0.745. The second-order valence-corrected chi connectivity index (χ2v) is 5.22. The van der Waals surface area contributed by atoms with Crippen LogP contribution in [0.15, 0.2) is 18.2 Å². The van der Waals surface area contributed by atoms with Crippen LogP contribution < -0.4 is 11.1 Å². The van der Waals surface area contributed by atoms with Gasteiger partial charge in [0.25, 0.3) is 0 Å². The Labute approximate surface area is 118 Å². The molecule has 0 aliphatic heterocycles. The summed E-state index contributed by atoms with van der Waals surface area (Å²) in [5.74, 6) is 1.58. The van der Waals surface area contributed by atoms with E-state index in [9.17, 15) is 0 Å². The van der Waals surface area contributed by atoms with Gasteiger partial charge in [-0.15, -0.1) is 0 Å². The maximum atomic E-state index is 5.73. The number of nitrogens with two attached hydrogens (primary N) is 1. The first-order valence-corrected chi connectivity index (χ1v) is 7.02. The van der Waals surface area contributed by atoms with E-state index < -0.39 is 0 Å². The van der Waals surface area contributed by atoms with Crippen LogP contribution in [0.25, 0.3) is 0 Å². The molecule has 1 aliphatic carbocycles. The third-order valence-electron chi connectivity index (χ3n) is 3.70. The van der Waals surface area contributed by atoms with Gasteiger partial charge < -0.3 is 11.1 Å². The molecule has 0 unspecified atom stereocenters. The second kappa shape index (κ2) is 5.07. The van der Waals surface area contributed by atoms with E-state index in [1.807, 2.05) is 6.92 Å². The molecular weight excluding hydrogens is 250 g/mol. The molecule has 2 aromatic rings. The van der Waals surface area contributed by atoms with Crippen molar-refractivity contribution >= 4 is 11.9 Å².